The number of carbonyl (C=O) groups excluding carboxylic acids is 2. The summed E-state index contributed by atoms with van der Waals surface area (Å²) in [5.74, 6) is -0.412. The zero-order chi connectivity index (χ0) is 15.8. The second-order valence-electron chi connectivity index (χ2n) is 4.61. The summed E-state index contributed by atoms with van der Waals surface area (Å²) in [5, 5.41) is 2.86. The zero-order valence-electron chi connectivity index (χ0n) is 12.6. The molecule has 1 aromatic rings. The number of nitrogens with one attached hydrogen (secondary N) is 1. The van der Waals surface area contributed by atoms with Gasteiger partial charge in [-0.1, -0.05) is 13.8 Å². The minimum Gasteiger partial charge on any atom is -0.482 e. The first-order valence-corrected chi connectivity index (χ1v) is 6.91. The van der Waals surface area contributed by atoms with Crippen molar-refractivity contribution in [2.24, 2.45) is 0 Å². The normalized spacial score (nSPS) is 10.3. The van der Waals surface area contributed by atoms with E-state index >= 15 is 0 Å². The first-order valence-electron chi connectivity index (χ1n) is 6.91. The monoisotopic (exact) mass is 294 g/mol. The Bertz CT molecular complexity index is 498. The molecular weight excluding hydrogens is 272 g/mol. The highest BCUT2D eigenvalue weighted by molar-refractivity contribution is 5.90. The summed E-state index contributed by atoms with van der Waals surface area (Å²) in [4.78, 5) is 23.2. The van der Waals surface area contributed by atoms with E-state index in [1.54, 1.807) is 6.07 Å². The number of benzene rings is 1. The summed E-state index contributed by atoms with van der Waals surface area (Å²) in [7, 11) is 1.29. The van der Waals surface area contributed by atoms with Crippen LogP contribution in [0.25, 0.3) is 0 Å². The molecule has 0 aliphatic carbocycles. The van der Waals surface area contributed by atoms with Gasteiger partial charge in [-0.25, -0.2) is 4.79 Å². The van der Waals surface area contributed by atoms with Gasteiger partial charge in [-0.05, 0) is 31.0 Å². The summed E-state index contributed by atoms with van der Waals surface area (Å²) in [6.07, 6.45) is 1.73. The number of hydrogen-bond donors (Lipinski definition) is 2. The molecule has 1 rings (SSSR count). The maximum Gasteiger partial charge on any atom is 0.337 e. The Balaban J connectivity index is 2.66. The zero-order valence-corrected chi connectivity index (χ0v) is 12.6. The van der Waals surface area contributed by atoms with E-state index in [1.165, 1.54) is 19.2 Å². The number of methoxy groups -OCH3 is 1. The van der Waals surface area contributed by atoms with Crippen LogP contribution < -0.4 is 15.8 Å². The molecule has 0 radical (unpaired) electrons. The van der Waals surface area contributed by atoms with Crippen molar-refractivity contribution in [1.29, 1.82) is 0 Å². The van der Waals surface area contributed by atoms with Gasteiger partial charge in [-0.2, -0.15) is 0 Å². The van der Waals surface area contributed by atoms with E-state index in [1.807, 2.05) is 13.8 Å². The lowest BCUT2D eigenvalue weighted by Gasteiger charge is -2.15. The maximum atomic E-state index is 11.8. The van der Waals surface area contributed by atoms with Crippen LogP contribution in [0, 0.1) is 0 Å². The molecule has 0 atom stereocenters. The summed E-state index contributed by atoms with van der Waals surface area (Å²) < 4.78 is 10.0. The Morgan fingerprint density at radius 3 is 2.52 bits per heavy atom. The molecule has 0 aliphatic heterocycles. The fourth-order valence-corrected chi connectivity index (χ4v) is 1.81. The van der Waals surface area contributed by atoms with Crippen LogP contribution >= 0.6 is 0 Å². The average molecular weight is 294 g/mol. The summed E-state index contributed by atoms with van der Waals surface area (Å²) >= 11 is 0. The maximum absolute atomic E-state index is 11.8. The third kappa shape index (κ3) is 4.98. The van der Waals surface area contributed by atoms with Crippen molar-refractivity contribution in [2.75, 3.05) is 19.5 Å². The molecule has 1 amide bonds. The molecule has 0 heterocycles. The fraction of sp³-hybridized carbons (Fsp3) is 0.467. The summed E-state index contributed by atoms with van der Waals surface area (Å²) in [6, 6.07) is 4.68. The van der Waals surface area contributed by atoms with Gasteiger partial charge in [-0.3, -0.25) is 4.79 Å². The van der Waals surface area contributed by atoms with E-state index in [4.69, 9.17) is 10.5 Å². The van der Waals surface area contributed by atoms with Crippen molar-refractivity contribution in [3.63, 3.8) is 0 Å². The van der Waals surface area contributed by atoms with Gasteiger partial charge in [0.2, 0.25) is 0 Å². The van der Waals surface area contributed by atoms with Gasteiger partial charge in [0.1, 0.15) is 5.75 Å². The summed E-state index contributed by atoms with van der Waals surface area (Å²) in [5.41, 5.74) is 6.44. The van der Waals surface area contributed by atoms with Gasteiger partial charge in [0, 0.05) is 6.04 Å². The molecule has 0 saturated heterocycles. The first-order chi connectivity index (χ1) is 10.0. The van der Waals surface area contributed by atoms with E-state index in [-0.39, 0.29) is 24.3 Å². The Kier molecular flexibility index (Phi) is 6.52. The summed E-state index contributed by atoms with van der Waals surface area (Å²) in [6.45, 7) is 3.87. The number of amides is 1. The van der Waals surface area contributed by atoms with E-state index in [9.17, 15) is 9.59 Å². The van der Waals surface area contributed by atoms with Gasteiger partial charge in [0.25, 0.3) is 5.91 Å². The highest BCUT2D eigenvalue weighted by Gasteiger charge is 2.12. The van der Waals surface area contributed by atoms with Crippen LogP contribution in [0.2, 0.25) is 0 Å². The van der Waals surface area contributed by atoms with Gasteiger partial charge in [0.05, 0.1) is 18.4 Å². The minimum atomic E-state index is -0.485. The number of esters is 1. The molecule has 0 fully saturated rings. The highest BCUT2D eigenvalue weighted by Crippen LogP contribution is 2.23. The van der Waals surface area contributed by atoms with Crippen LogP contribution in [0.15, 0.2) is 18.2 Å². The second-order valence-corrected chi connectivity index (χ2v) is 4.61. The number of rotatable bonds is 7. The molecule has 6 heteroatoms. The number of hydrogen-bond acceptors (Lipinski definition) is 5. The van der Waals surface area contributed by atoms with Gasteiger partial charge < -0.3 is 20.5 Å². The lowest BCUT2D eigenvalue weighted by atomic mass is 10.2. The predicted octanol–water partition coefficient (Wildman–Crippen LogP) is 1.74. The van der Waals surface area contributed by atoms with Crippen LogP contribution in [0.3, 0.4) is 0 Å². The van der Waals surface area contributed by atoms with Crippen LogP contribution in [-0.4, -0.2) is 31.6 Å². The molecule has 0 bridgehead atoms. The molecule has 116 valence electrons. The van der Waals surface area contributed by atoms with Crippen LogP contribution in [0.1, 0.15) is 37.0 Å². The van der Waals surface area contributed by atoms with Crippen molar-refractivity contribution in [3.05, 3.63) is 23.8 Å². The molecule has 21 heavy (non-hydrogen) atoms. The van der Waals surface area contributed by atoms with Crippen molar-refractivity contribution in [3.8, 4) is 5.75 Å². The molecule has 0 saturated carbocycles. The largest absolute Gasteiger partial charge is 0.482 e. The number of nitrogens with two attached hydrogens (primary N) is 1. The van der Waals surface area contributed by atoms with Gasteiger partial charge in [0.15, 0.2) is 6.61 Å². The number of carbonyl (C=O) groups is 2. The van der Waals surface area contributed by atoms with Crippen LogP contribution in [-0.2, 0) is 9.53 Å². The third-order valence-corrected chi connectivity index (χ3v) is 3.14. The Morgan fingerprint density at radius 2 is 1.95 bits per heavy atom. The minimum absolute atomic E-state index is 0.139. The number of anilines is 1. The van der Waals surface area contributed by atoms with Gasteiger partial charge in [-0.15, -0.1) is 0 Å². The molecule has 6 nitrogen and oxygen atoms in total. The third-order valence-electron chi connectivity index (χ3n) is 3.14. The van der Waals surface area contributed by atoms with Gasteiger partial charge >= 0.3 is 5.97 Å². The Labute approximate surface area is 124 Å². The Morgan fingerprint density at radius 1 is 1.29 bits per heavy atom. The van der Waals surface area contributed by atoms with E-state index in [0.717, 1.165) is 12.8 Å². The molecule has 0 aromatic heterocycles. The number of nitrogen functional groups attached to an aromatic ring is 1. The smallest absolute Gasteiger partial charge is 0.337 e. The topological polar surface area (TPSA) is 90.6 Å². The molecular formula is C15H22N2O4. The highest BCUT2D eigenvalue weighted by atomic mass is 16.5. The van der Waals surface area contributed by atoms with E-state index in [2.05, 4.69) is 10.1 Å². The lowest BCUT2D eigenvalue weighted by molar-refractivity contribution is -0.123. The molecule has 0 unspecified atom stereocenters. The molecule has 0 aliphatic rings. The van der Waals surface area contributed by atoms with Crippen molar-refractivity contribution < 1.29 is 19.1 Å². The van der Waals surface area contributed by atoms with Crippen LogP contribution in [0.5, 0.6) is 5.75 Å². The van der Waals surface area contributed by atoms with Crippen molar-refractivity contribution in [2.45, 2.75) is 32.7 Å². The first kappa shape index (κ1) is 16.8. The SMILES string of the molecule is CCC(CC)NC(=O)COc1cc(C(=O)OC)ccc1N. The Hall–Kier alpha value is -2.24. The van der Waals surface area contributed by atoms with E-state index < -0.39 is 5.97 Å². The number of ether oxygens (including phenoxy) is 2. The molecule has 0 spiro atoms. The fourth-order valence-electron chi connectivity index (χ4n) is 1.81. The molecule has 3 N–H and O–H groups in total. The average Bonchev–Trinajstić information content (AvgIpc) is 2.50. The van der Waals surface area contributed by atoms with Crippen molar-refractivity contribution >= 4 is 17.6 Å². The molecule has 1 aromatic carbocycles. The lowest BCUT2D eigenvalue weighted by Crippen LogP contribution is -2.37. The van der Waals surface area contributed by atoms with Crippen molar-refractivity contribution in [1.82, 2.24) is 5.32 Å². The quantitative estimate of drug-likeness (QED) is 0.590. The van der Waals surface area contributed by atoms with E-state index in [0.29, 0.717) is 11.3 Å². The standard InChI is InChI=1S/C15H22N2O4/c1-4-11(5-2)17-14(18)9-21-13-8-10(15(19)20-3)6-7-12(13)16/h6-8,11H,4-5,9,16H2,1-3H3,(H,17,18). The second kappa shape index (κ2) is 8.14. The van der Waals surface area contributed by atoms with Crippen LogP contribution in [0.4, 0.5) is 5.69 Å². The predicted molar refractivity (Wildman–Crippen MR) is 80.2 cm³/mol.